The summed E-state index contributed by atoms with van der Waals surface area (Å²) in [6.07, 6.45) is -4.36. The molecule has 0 aromatic heterocycles. The zero-order valence-electron chi connectivity index (χ0n) is 12.3. The quantitative estimate of drug-likeness (QED) is 0.665. The van der Waals surface area contributed by atoms with Gasteiger partial charge in [0.25, 0.3) is 0 Å². The van der Waals surface area contributed by atoms with Crippen LogP contribution in [0.15, 0.2) is 24.3 Å². The first kappa shape index (κ1) is 16.3. The predicted molar refractivity (Wildman–Crippen MR) is 74.2 cm³/mol. The first-order valence-corrected chi connectivity index (χ1v) is 7.04. The maximum absolute atomic E-state index is 12.9. The number of halogens is 3. The van der Waals surface area contributed by atoms with Crippen LogP contribution in [0.4, 0.5) is 13.2 Å². The van der Waals surface area contributed by atoms with Gasteiger partial charge in [0.05, 0.1) is 23.8 Å². The number of rotatable bonds is 3. The van der Waals surface area contributed by atoms with Crippen molar-refractivity contribution in [1.29, 1.82) is 0 Å². The largest absolute Gasteiger partial charge is 0.416 e. The van der Waals surface area contributed by atoms with Gasteiger partial charge in [0.1, 0.15) is 0 Å². The van der Waals surface area contributed by atoms with Crippen molar-refractivity contribution >= 4 is 0 Å². The number of nitrogens with two attached hydrogens (primary N) is 1. The fourth-order valence-corrected chi connectivity index (χ4v) is 3.21. The number of benzene rings is 1. The first-order valence-electron chi connectivity index (χ1n) is 7.04. The van der Waals surface area contributed by atoms with Gasteiger partial charge >= 0.3 is 6.18 Å². The van der Waals surface area contributed by atoms with Gasteiger partial charge in [0.2, 0.25) is 0 Å². The number of hydrogen-bond acceptors (Lipinski definition) is 3. The number of nitrogens with one attached hydrogen (secondary N) is 1. The number of ether oxygens (including phenoxy) is 1. The molecule has 1 fully saturated rings. The van der Waals surface area contributed by atoms with Crippen molar-refractivity contribution in [3.63, 3.8) is 0 Å². The molecule has 5 unspecified atom stereocenters. The van der Waals surface area contributed by atoms with Gasteiger partial charge in [-0.15, -0.1) is 0 Å². The SMILES string of the molecule is CC1OC(C)C(C(NN)c2cccc(C(F)(F)F)c2)C1C. The van der Waals surface area contributed by atoms with E-state index in [1.807, 2.05) is 20.8 Å². The Kier molecular flexibility index (Phi) is 4.60. The molecule has 118 valence electrons. The second kappa shape index (κ2) is 5.94. The minimum atomic E-state index is -4.36. The normalized spacial score (nSPS) is 31.4. The summed E-state index contributed by atoms with van der Waals surface area (Å²) in [6.45, 7) is 5.94. The highest BCUT2D eigenvalue weighted by Crippen LogP contribution is 2.41. The molecule has 6 heteroatoms. The van der Waals surface area contributed by atoms with Gasteiger partial charge in [0.15, 0.2) is 0 Å². The average molecular weight is 302 g/mol. The van der Waals surface area contributed by atoms with Crippen LogP contribution in [-0.4, -0.2) is 12.2 Å². The highest BCUT2D eigenvalue weighted by molar-refractivity contribution is 5.29. The van der Waals surface area contributed by atoms with E-state index in [2.05, 4.69) is 5.43 Å². The Labute approximate surface area is 122 Å². The number of hydrazine groups is 1. The van der Waals surface area contributed by atoms with Crippen molar-refractivity contribution in [2.75, 3.05) is 0 Å². The maximum Gasteiger partial charge on any atom is 0.416 e. The van der Waals surface area contributed by atoms with E-state index in [1.54, 1.807) is 6.07 Å². The Morgan fingerprint density at radius 3 is 2.33 bits per heavy atom. The van der Waals surface area contributed by atoms with Gasteiger partial charge in [-0.3, -0.25) is 11.3 Å². The van der Waals surface area contributed by atoms with Gasteiger partial charge in [0, 0.05) is 5.92 Å². The highest BCUT2D eigenvalue weighted by atomic mass is 19.4. The predicted octanol–water partition coefficient (Wildman–Crippen LogP) is 3.27. The van der Waals surface area contributed by atoms with Crippen molar-refractivity contribution in [2.24, 2.45) is 17.7 Å². The molecule has 1 aliphatic heterocycles. The lowest BCUT2D eigenvalue weighted by molar-refractivity contribution is -0.137. The van der Waals surface area contributed by atoms with E-state index in [0.717, 1.165) is 12.1 Å². The van der Waals surface area contributed by atoms with Crippen LogP contribution < -0.4 is 11.3 Å². The van der Waals surface area contributed by atoms with Crippen LogP contribution in [0.5, 0.6) is 0 Å². The van der Waals surface area contributed by atoms with Gasteiger partial charge in [-0.1, -0.05) is 19.1 Å². The Hall–Kier alpha value is -1.11. The summed E-state index contributed by atoms with van der Waals surface area (Å²) in [4.78, 5) is 0. The number of alkyl halides is 3. The molecule has 0 bridgehead atoms. The summed E-state index contributed by atoms with van der Waals surface area (Å²) in [5, 5.41) is 0. The summed E-state index contributed by atoms with van der Waals surface area (Å²) < 4.78 is 44.3. The third kappa shape index (κ3) is 3.22. The topological polar surface area (TPSA) is 47.3 Å². The van der Waals surface area contributed by atoms with Crippen LogP contribution >= 0.6 is 0 Å². The molecular formula is C15H21F3N2O. The highest BCUT2D eigenvalue weighted by Gasteiger charge is 2.42. The maximum atomic E-state index is 12.9. The van der Waals surface area contributed by atoms with Gasteiger partial charge in [-0.25, -0.2) is 0 Å². The third-order valence-corrected chi connectivity index (χ3v) is 4.46. The Morgan fingerprint density at radius 1 is 1.19 bits per heavy atom. The van der Waals surface area contributed by atoms with Crippen LogP contribution in [0.1, 0.15) is 37.9 Å². The summed E-state index contributed by atoms with van der Waals surface area (Å²) in [5.41, 5.74) is 2.55. The van der Waals surface area contributed by atoms with E-state index < -0.39 is 11.7 Å². The van der Waals surface area contributed by atoms with Crippen LogP contribution in [0.25, 0.3) is 0 Å². The van der Waals surface area contributed by atoms with E-state index >= 15 is 0 Å². The minimum Gasteiger partial charge on any atom is -0.375 e. The molecule has 0 aliphatic carbocycles. The Morgan fingerprint density at radius 2 is 1.86 bits per heavy atom. The third-order valence-electron chi connectivity index (χ3n) is 4.46. The van der Waals surface area contributed by atoms with Crippen molar-refractivity contribution in [1.82, 2.24) is 5.43 Å². The molecular weight excluding hydrogens is 281 g/mol. The summed E-state index contributed by atoms with van der Waals surface area (Å²) >= 11 is 0. The van der Waals surface area contributed by atoms with Crippen LogP contribution in [0, 0.1) is 11.8 Å². The minimum absolute atomic E-state index is 0.0217. The fourth-order valence-electron chi connectivity index (χ4n) is 3.21. The van der Waals surface area contributed by atoms with Crippen LogP contribution in [0.2, 0.25) is 0 Å². The first-order chi connectivity index (χ1) is 9.75. The summed E-state index contributed by atoms with van der Waals surface area (Å²) in [7, 11) is 0. The lowest BCUT2D eigenvalue weighted by Crippen LogP contribution is -2.38. The fraction of sp³-hybridized carbons (Fsp3) is 0.600. The van der Waals surface area contributed by atoms with Crippen molar-refractivity contribution in [2.45, 2.75) is 45.2 Å². The Balaban J connectivity index is 2.34. The second-order valence-corrected chi connectivity index (χ2v) is 5.75. The molecule has 3 nitrogen and oxygen atoms in total. The second-order valence-electron chi connectivity index (χ2n) is 5.75. The van der Waals surface area contributed by atoms with Gasteiger partial charge in [-0.05, 0) is 37.5 Å². The lowest BCUT2D eigenvalue weighted by atomic mass is 9.80. The molecule has 21 heavy (non-hydrogen) atoms. The van der Waals surface area contributed by atoms with Crippen LogP contribution in [0.3, 0.4) is 0 Å². The lowest BCUT2D eigenvalue weighted by Gasteiger charge is -2.29. The van der Waals surface area contributed by atoms with Gasteiger partial charge < -0.3 is 4.74 Å². The molecule has 0 amide bonds. The van der Waals surface area contributed by atoms with E-state index in [0.29, 0.717) is 5.56 Å². The monoisotopic (exact) mass is 302 g/mol. The standard InChI is InChI=1S/C15H21F3N2O/c1-8-9(2)21-10(3)13(8)14(20-19)11-5-4-6-12(7-11)15(16,17)18/h4-10,13-14,20H,19H2,1-3H3. The molecule has 0 saturated carbocycles. The molecule has 1 heterocycles. The smallest absolute Gasteiger partial charge is 0.375 e. The Bertz CT molecular complexity index is 492. The molecule has 1 saturated heterocycles. The zero-order chi connectivity index (χ0) is 15.8. The molecule has 0 spiro atoms. The van der Waals surface area contributed by atoms with Crippen molar-refractivity contribution in [3.05, 3.63) is 35.4 Å². The van der Waals surface area contributed by atoms with E-state index in [4.69, 9.17) is 10.6 Å². The average Bonchev–Trinajstić information content (AvgIpc) is 2.66. The van der Waals surface area contributed by atoms with E-state index in [1.165, 1.54) is 6.07 Å². The molecule has 2 rings (SSSR count). The van der Waals surface area contributed by atoms with E-state index in [-0.39, 0.29) is 30.1 Å². The van der Waals surface area contributed by atoms with Crippen molar-refractivity contribution < 1.29 is 17.9 Å². The zero-order valence-corrected chi connectivity index (χ0v) is 12.3. The molecule has 0 radical (unpaired) electrons. The summed E-state index contributed by atoms with van der Waals surface area (Å²) in [5.74, 6) is 5.85. The summed E-state index contributed by atoms with van der Waals surface area (Å²) in [6, 6.07) is 4.94. The van der Waals surface area contributed by atoms with Crippen LogP contribution in [-0.2, 0) is 10.9 Å². The molecule has 1 aliphatic rings. The molecule has 5 atom stereocenters. The van der Waals surface area contributed by atoms with E-state index in [9.17, 15) is 13.2 Å². The molecule has 3 N–H and O–H groups in total. The van der Waals surface area contributed by atoms with Crippen molar-refractivity contribution in [3.8, 4) is 0 Å². The number of hydrogen-bond donors (Lipinski definition) is 2. The molecule has 1 aromatic carbocycles. The van der Waals surface area contributed by atoms with Gasteiger partial charge in [-0.2, -0.15) is 13.2 Å². The molecule has 1 aromatic rings.